The Bertz CT molecular complexity index is 634. The van der Waals surface area contributed by atoms with Crippen molar-refractivity contribution in [3.8, 4) is 0 Å². The molecular weight excluding hydrogens is 324 g/mol. The van der Waals surface area contributed by atoms with E-state index in [-0.39, 0.29) is 18.0 Å². The molecule has 0 aromatic heterocycles. The summed E-state index contributed by atoms with van der Waals surface area (Å²) in [5.41, 5.74) is 12.6. The maximum absolute atomic E-state index is 10.9. The maximum Gasteiger partial charge on any atom is 0.298 e. The van der Waals surface area contributed by atoms with Crippen molar-refractivity contribution in [2.45, 2.75) is 39.2 Å². The molecule has 23 heavy (non-hydrogen) atoms. The van der Waals surface area contributed by atoms with E-state index in [1.807, 2.05) is 20.8 Å². The lowest BCUT2D eigenvalue weighted by molar-refractivity contribution is -0.775. The topological polar surface area (TPSA) is 123 Å². The molecule has 1 heterocycles. The highest BCUT2D eigenvalue weighted by Gasteiger charge is 2.40. The number of halogens is 1. The zero-order chi connectivity index (χ0) is 17.3. The summed E-state index contributed by atoms with van der Waals surface area (Å²) in [6.45, 7) is 5.59. The summed E-state index contributed by atoms with van der Waals surface area (Å²) < 4.78 is 0. The van der Waals surface area contributed by atoms with Crippen LogP contribution in [0.3, 0.4) is 0 Å². The molecule has 10 heteroatoms. The van der Waals surface area contributed by atoms with Gasteiger partial charge in [0, 0.05) is 22.3 Å². The van der Waals surface area contributed by atoms with Crippen molar-refractivity contribution in [3.63, 3.8) is 0 Å². The molecule has 0 bridgehead atoms. The van der Waals surface area contributed by atoms with Gasteiger partial charge in [-0.1, -0.05) is 11.6 Å². The number of anilines is 1. The molecule has 0 aliphatic carbocycles. The fourth-order valence-corrected chi connectivity index (χ4v) is 2.83. The van der Waals surface area contributed by atoms with Gasteiger partial charge in [0.1, 0.15) is 0 Å². The number of benzene rings is 1. The minimum atomic E-state index is -1.09. The average Bonchev–Trinajstić information content (AvgIpc) is 2.42. The fourth-order valence-electron chi connectivity index (χ4n) is 2.65. The molecule has 9 nitrogen and oxygen atoms in total. The van der Waals surface area contributed by atoms with Gasteiger partial charge in [0.05, 0.1) is 6.04 Å². The molecule has 0 saturated heterocycles. The van der Waals surface area contributed by atoms with E-state index in [9.17, 15) is 10.1 Å². The number of nitrogens with two attached hydrogens (primary N) is 2. The monoisotopic (exact) mass is 342 g/mol. The summed E-state index contributed by atoms with van der Waals surface area (Å²) in [5.74, 6) is -0.219. The minimum absolute atomic E-state index is 0.107. The molecule has 0 amide bonds. The van der Waals surface area contributed by atoms with Crippen molar-refractivity contribution in [2.75, 3.05) is 4.90 Å². The standard InChI is InChI=1S/C13H19ClN6O3/c1-7(2)18-11-5-4-9(14)6-10(11)8(3)19(17-12(15)16)13(18)23-20(21)22/h4-8,13H,1-3H3,(H4,15,16,17). The molecule has 1 aliphatic rings. The van der Waals surface area contributed by atoms with Crippen molar-refractivity contribution >= 4 is 23.2 Å². The van der Waals surface area contributed by atoms with E-state index < -0.39 is 11.4 Å². The number of hydrogen-bond donors (Lipinski definition) is 2. The third kappa shape index (κ3) is 3.34. The molecule has 2 unspecified atom stereocenters. The van der Waals surface area contributed by atoms with Crippen molar-refractivity contribution in [1.29, 1.82) is 0 Å². The first-order valence-corrected chi connectivity index (χ1v) is 7.37. The van der Waals surface area contributed by atoms with E-state index in [1.165, 1.54) is 5.01 Å². The molecule has 1 aromatic rings. The molecule has 2 atom stereocenters. The molecule has 4 N–H and O–H groups in total. The molecule has 0 spiro atoms. The third-order valence-corrected chi connectivity index (χ3v) is 3.78. The highest BCUT2D eigenvalue weighted by Crippen LogP contribution is 2.41. The van der Waals surface area contributed by atoms with Gasteiger partial charge in [0.25, 0.3) is 11.4 Å². The van der Waals surface area contributed by atoms with E-state index in [2.05, 4.69) is 5.10 Å². The summed E-state index contributed by atoms with van der Waals surface area (Å²) in [6, 6.07) is 4.84. The molecule has 0 saturated carbocycles. The van der Waals surface area contributed by atoms with Crippen LogP contribution in [-0.2, 0) is 4.84 Å². The van der Waals surface area contributed by atoms with Gasteiger partial charge in [-0.05, 0) is 39.0 Å². The van der Waals surface area contributed by atoms with Crippen LogP contribution in [0, 0.1) is 10.1 Å². The number of fused-ring (bicyclic) bond motifs is 1. The zero-order valence-electron chi connectivity index (χ0n) is 13.0. The molecule has 0 radical (unpaired) electrons. The van der Waals surface area contributed by atoms with Crippen LogP contribution in [0.4, 0.5) is 5.69 Å². The van der Waals surface area contributed by atoms with Crippen LogP contribution in [0.5, 0.6) is 0 Å². The third-order valence-electron chi connectivity index (χ3n) is 3.55. The van der Waals surface area contributed by atoms with Crippen LogP contribution in [0.25, 0.3) is 0 Å². The maximum atomic E-state index is 10.9. The van der Waals surface area contributed by atoms with Gasteiger partial charge in [0.2, 0.25) is 5.96 Å². The van der Waals surface area contributed by atoms with E-state index in [0.717, 1.165) is 11.3 Å². The Morgan fingerprint density at radius 2 is 2.13 bits per heavy atom. The lowest BCUT2D eigenvalue weighted by Gasteiger charge is -2.47. The van der Waals surface area contributed by atoms with Crippen molar-refractivity contribution in [2.24, 2.45) is 16.6 Å². The second-order valence-corrected chi connectivity index (χ2v) is 5.88. The fraction of sp³-hybridized carbons (Fsp3) is 0.462. The molecule has 126 valence electrons. The Balaban J connectivity index is 2.63. The number of guanidine groups is 1. The summed E-state index contributed by atoms with van der Waals surface area (Å²) in [4.78, 5) is 17.5. The first-order chi connectivity index (χ1) is 10.7. The lowest BCUT2D eigenvalue weighted by atomic mass is 10.0. The van der Waals surface area contributed by atoms with Crippen molar-refractivity contribution < 1.29 is 9.92 Å². The Hall–Kier alpha value is -2.42. The smallest absolute Gasteiger partial charge is 0.298 e. The van der Waals surface area contributed by atoms with Gasteiger partial charge in [-0.3, -0.25) is 4.84 Å². The summed E-state index contributed by atoms with van der Waals surface area (Å²) in [5, 5.41) is 16.0. The quantitative estimate of drug-likeness (QED) is 0.368. The normalized spacial score (nSPS) is 20.2. The second kappa shape index (κ2) is 6.37. The van der Waals surface area contributed by atoms with E-state index in [1.54, 1.807) is 23.1 Å². The highest BCUT2D eigenvalue weighted by molar-refractivity contribution is 6.30. The predicted molar refractivity (Wildman–Crippen MR) is 87.0 cm³/mol. The van der Waals surface area contributed by atoms with Gasteiger partial charge in [-0.2, -0.15) is 0 Å². The van der Waals surface area contributed by atoms with Gasteiger partial charge in [-0.15, -0.1) is 15.2 Å². The zero-order valence-corrected chi connectivity index (χ0v) is 13.8. The molecule has 2 rings (SSSR count). The van der Waals surface area contributed by atoms with Crippen LogP contribution in [-0.4, -0.2) is 28.4 Å². The van der Waals surface area contributed by atoms with Crippen LogP contribution in [0.1, 0.15) is 32.4 Å². The first kappa shape index (κ1) is 16.9. The Morgan fingerprint density at radius 1 is 1.48 bits per heavy atom. The lowest BCUT2D eigenvalue weighted by Crippen LogP contribution is -2.56. The summed E-state index contributed by atoms with van der Waals surface area (Å²) in [7, 11) is 0. The predicted octanol–water partition coefficient (Wildman–Crippen LogP) is 1.61. The summed E-state index contributed by atoms with van der Waals surface area (Å²) in [6.07, 6.45) is -1.09. The van der Waals surface area contributed by atoms with Crippen molar-refractivity contribution in [3.05, 3.63) is 38.9 Å². The number of nitrogens with zero attached hydrogens (tertiary/aromatic N) is 4. The Labute approximate surface area is 138 Å². The number of hydrogen-bond acceptors (Lipinski definition) is 6. The average molecular weight is 343 g/mol. The Kier molecular flexibility index (Phi) is 4.69. The molecule has 1 aromatic carbocycles. The van der Waals surface area contributed by atoms with E-state index in [4.69, 9.17) is 27.9 Å². The second-order valence-electron chi connectivity index (χ2n) is 5.44. The number of rotatable bonds is 4. The first-order valence-electron chi connectivity index (χ1n) is 6.99. The minimum Gasteiger partial charge on any atom is -0.369 e. The van der Waals surface area contributed by atoms with Crippen LogP contribution in [0.15, 0.2) is 23.3 Å². The van der Waals surface area contributed by atoms with Crippen molar-refractivity contribution in [1.82, 2.24) is 5.01 Å². The van der Waals surface area contributed by atoms with Gasteiger partial charge >= 0.3 is 0 Å². The molecule has 0 fully saturated rings. The van der Waals surface area contributed by atoms with Gasteiger partial charge in [-0.25, -0.2) is 5.01 Å². The number of hydrazone groups is 1. The highest BCUT2D eigenvalue weighted by atomic mass is 35.5. The van der Waals surface area contributed by atoms with Gasteiger partial charge < -0.3 is 16.4 Å². The molecule has 1 aliphatic heterocycles. The van der Waals surface area contributed by atoms with Crippen LogP contribution >= 0.6 is 11.6 Å². The van der Waals surface area contributed by atoms with Gasteiger partial charge in [0.15, 0.2) is 0 Å². The van der Waals surface area contributed by atoms with Crippen LogP contribution < -0.4 is 16.4 Å². The van der Waals surface area contributed by atoms with E-state index >= 15 is 0 Å². The van der Waals surface area contributed by atoms with Crippen LogP contribution in [0.2, 0.25) is 5.02 Å². The molecular formula is C13H19ClN6O3. The summed E-state index contributed by atoms with van der Waals surface area (Å²) >= 11 is 6.08. The Morgan fingerprint density at radius 3 is 2.65 bits per heavy atom. The van der Waals surface area contributed by atoms with E-state index in [0.29, 0.717) is 5.02 Å². The largest absolute Gasteiger partial charge is 0.369 e. The SMILES string of the molecule is CC1c2cc(Cl)ccc2N(C(C)C)C(O[N+](=O)[O-])N1N=C(N)N.